The van der Waals surface area contributed by atoms with E-state index in [4.69, 9.17) is 0 Å². The first-order chi connectivity index (χ1) is 11.8. The van der Waals surface area contributed by atoms with Gasteiger partial charge in [0.15, 0.2) is 0 Å². The zero-order valence-electron chi connectivity index (χ0n) is 15.9. The van der Waals surface area contributed by atoms with Gasteiger partial charge in [-0.3, -0.25) is 4.79 Å². The SMILES string of the molecule is CC1(C)C(=O)CC[C@]2(C)C3Cc4cc5ccccc5n4[C@]3(C)CC[C@@H]12. The van der Waals surface area contributed by atoms with Crippen LogP contribution in [0.1, 0.15) is 59.1 Å². The third-order valence-electron chi connectivity index (χ3n) is 8.47. The van der Waals surface area contributed by atoms with Gasteiger partial charge in [-0.2, -0.15) is 0 Å². The van der Waals surface area contributed by atoms with E-state index in [1.165, 1.54) is 35.9 Å². The molecule has 3 aliphatic rings. The summed E-state index contributed by atoms with van der Waals surface area (Å²) in [7, 11) is 0. The van der Waals surface area contributed by atoms with E-state index in [1.54, 1.807) is 0 Å². The summed E-state index contributed by atoms with van der Waals surface area (Å²) in [6.45, 7) is 9.42. The van der Waals surface area contributed by atoms with Gasteiger partial charge < -0.3 is 4.57 Å². The van der Waals surface area contributed by atoms with Gasteiger partial charge >= 0.3 is 0 Å². The molecule has 1 aromatic carbocycles. The molecule has 0 bridgehead atoms. The van der Waals surface area contributed by atoms with Crippen LogP contribution in [0.4, 0.5) is 0 Å². The van der Waals surface area contributed by atoms with Gasteiger partial charge in [0.05, 0.1) is 0 Å². The molecule has 2 fully saturated rings. The molecule has 0 spiro atoms. The van der Waals surface area contributed by atoms with Crippen molar-refractivity contribution >= 4 is 16.7 Å². The number of fused-ring (bicyclic) bond motifs is 7. The molecule has 2 heterocycles. The Morgan fingerprint density at radius 3 is 2.60 bits per heavy atom. The highest BCUT2D eigenvalue weighted by atomic mass is 16.1. The molecule has 0 saturated heterocycles. The lowest BCUT2D eigenvalue weighted by atomic mass is 9.45. The summed E-state index contributed by atoms with van der Waals surface area (Å²) in [6, 6.07) is 11.3. The standard InChI is InChI=1S/C23H29NO/c1-21(2)18-9-12-23(4)19(22(18,3)11-10-20(21)25)14-16-13-15-7-5-6-8-17(15)24(16)23/h5-8,13,18-19H,9-12,14H2,1-4H3/t18-,19?,22-,23+/m0/s1. The highest BCUT2D eigenvalue weighted by Crippen LogP contribution is 2.65. The number of ketones is 1. The summed E-state index contributed by atoms with van der Waals surface area (Å²) in [5, 5.41) is 1.38. The highest BCUT2D eigenvalue weighted by Gasteiger charge is 2.63. The average Bonchev–Trinajstić information content (AvgIpc) is 3.07. The monoisotopic (exact) mass is 335 g/mol. The second kappa shape index (κ2) is 4.58. The van der Waals surface area contributed by atoms with Crippen molar-refractivity contribution in [2.24, 2.45) is 22.7 Å². The van der Waals surface area contributed by atoms with Gasteiger partial charge in [-0.25, -0.2) is 0 Å². The van der Waals surface area contributed by atoms with E-state index in [1.807, 2.05) is 0 Å². The Kier molecular flexibility index (Phi) is 2.87. The van der Waals surface area contributed by atoms with Gasteiger partial charge in [-0.05, 0) is 67.4 Å². The fourth-order valence-electron chi connectivity index (χ4n) is 7.22. The van der Waals surface area contributed by atoms with Crippen LogP contribution in [0.5, 0.6) is 0 Å². The fourth-order valence-corrected chi connectivity index (χ4v) is 7.22. The number of nitrogens with zero attached hydrogens (tertiary/aromatic N) is 1. The molecule has 5 rings (SSSR count). The molecule has 2 nitrogen and oxygen atoms in total. The predicted octanol–water partition coefficient (Wildman–Crippen LogP) is 5.33. The van der Waals surface area contributed by atoms with Crippen molar-refractivity contribution < 1.29 is 4.79 Å². The zero-order chi connectivity index (χ0) is 17.6. The minimum atomic E-state index is -0.159. The second-order valence-electron chi connectivity index (χ2n) is 9.89. The number of para-hydroxylation sites is 1. The van der Waals surface area contributed by atoms with Crippen molar-refractivity contribution in [1.29, 1.82) is 0 Å². The number of carbonyl (C=O) groups is 1. The molecule has 0 radical (unpaired) electrons. The van der Waals surface area contributed by atoms with Crippen molar-refractivity contribution in [2.75, 3.05) is 0 Å². The van der Waals surface area contributed by atoms with Crippen molar-refractivity contribution in [3.63, 3.8) is 0 Å². The Labute approximate surface area is 150 Å². The number of hydrogen-bond donors (Lipinski definition) is 0. The molecular formula is C23H29NO. The molecule has 0 amide bonds. The Hall–Kier alpha value is -1.57. The lowest BCUT2D eigenvalue weighted by Crippen LogP contribution is -2.58. The Morgan fingerprint density at radius 1 is 1.04 bits per heavy atom. The summed E-state index contributed by atoms with van der Waals surface area (Å²) in [5.41, 5.74) is 3.21. The van der Waals surface area contributed by atoms with Crippen LogP contribution in [0.2, 0.25) is 0 Å². The molecule has 0 N–H and O–H groups in total. The summed E-state index contributed by atoms with van der Waals surface area (Å²) < 4.78 is 2.66. The van der Waals surface area contributed by atoms with E-state index in [9.17, 15) is 4.79 Å². The molecule has 1 aliphatic heterocycles. The molecule has 2 saturated carbocycles. The van der Waals surface area contributed by atoms with E-state index in [0.29, 0.717) is 17.6 Å². The van der Waals surface area contributed by atoms with E-state index in [0.717, 1.165) is 12.8 Å². The van der Waals surface area contributed by atoms with Crippen molar-refractivity contribution in [1.82, 2.24) is 4.57 Å². The lowest BCUT2D eigenvalue weighted by Gasteiger charge is -2.60. The van der Waals surface area contributed by atoms with Crippen LogP contribution in [0.25, 0.3) is 10.9 Å². The smallest absolute Gasteiger partial charge is 0.138 e. The first-order valence-corrected chi connectivity index (χ1v) is 9.92. The molecule has 2 aliphatic carbocycles. The van der Waals surface area contributed by atoms with Crippen LogP contribution in [0, 0.1) is 22.7 Å². The van der Waals surface area contributed by atoms with Gasteiger partial charge in [0.1, 0.15) is 5.78 Å². The number of aromatic nitrogens is 1. The summed E-state index contributed by atoms with van der Waals surface area (Å²) in [5.74, 6) is 1.66. The largest absolute Gasteiger partial charge is 0.338 e. The summed E-state index contributed by atoms with van der Waals surface area (Å²) in [4.78, 5) is 12.6. The van der Waals surface area contributed by atoms with Gasteiger partial charge in [0, 0.05) is 28.6 Å². The van der Waals surface area contributed by atoms with Crippen molar-refractivity contribution in [2.45, 2.75) is 65.3 Å². The van der Waals surface area contributed by atoms with Gasteiger partial charge in [-0.15, -0.1) is 0 Å². The van der Waals surface area contributed by atoms with Crippen molar-refractivity contribution in [3.8, 4) is 0 Å². The van der Waals surface area contributed by atoms with Gasteiger partial charge in [0.25, 0.3) is 0 Å². The van der Waals surface area contributed by atoms with Crippen LogP contribution >= 0.6 is 0 Å². The van der Waals surface area contributed by atoms with E-state index < -0.39 is 0 Å². The topological polar surface area (TPSA) is 22.0 Å². The maximum atomic E-state index is 12.6. The zero-order valence-corrected chi connectivity index (χ0v) is 15.9. The quantitative estimate of drug-likeness (QED) is 0.637. The predicted molar refractivity (Wildman–Crippen MR) is 102 cm³/mol. The summed E-state index contributed by atoms with van der Waals surface area (Å²) >= 11 is 0. The number of carbonyl (C=O) groups excluding carboxylic acids is 1. The van der Waals surface area contributed by atoms with Crippen LogP contribution in [-0.4, -0.2) is 10.4 Å². The minimum absolute atomic E-state index is 0.159. The molecule has 4 atom stereocenters. The van der Waals surface area contributed by atoms with Crippen molar-refractivity contribution in [3.05, 3.63) is 36.0 Å². The van der Waals surface area contributed by atoms with E-state index in [-0.39, 0.29) is 16.4 Å². The van der Waals surface area contributed by atoms with Gasteiger partial charge in [0.2, 0.25) is 0 Å². The minimum Gasteiger partial charge on any atom is -0.338 e. The molecule has 2 aromatic rings. The number of rotatable bonds is 0. The number of hydrogen-bond acceptors (Lipinski definition) is 1. The molecule has 25 heavy (non-hydrogen) atoms. The highest BCUT2D eigenvalue weighted by molar-refractivity contribution is 5.86. The molecule has 2 heteroatoms. The third-order valence-corrected chi connectivity index (χ3v) is 8.47. The fraction of sp³-hybridized carbons (Fsp3) is 0.609. The average molecular weight is 335 g/mol. The molecule has 1 unspecified atom stereocenters. The number of benzene rings is 1. The first kappa shape index (κ1) is 15.7. The van der Waals surface area contributed by atoms with Gasteiger partial charge in [-0.1, -0.05) is 39.0 Å². The Morgan fingerprint density at radius 2 is 1.80 bits per heavy atom. The first-order valence-electron chi connectivity index (χ1n) is 9.92. The maximum absolute atomic E-state index is 12.6. The molecule has 132 valence electrons. The Balaban J connectivity index is 1.66. The third kappa shape index (κ3) is 1.74. The second-order valence-corrected chi connectivity index (χ2v) is 9.89. The number of Topliss-reactive ketones (excluding diaryl/α,β-unsaturated/α-hetero) is 1. The molecule has 1 aromatic heterocycles. The molecular weight excluding hydrogens is 306 g/mol. The van der Waals surface area contributed by atoms with Crippen LogP contribution in [0.15, 0.2) is 30.3 Å². The maximum Gasteiger partial charge on any atom is 0.138 e. The van der Waals surface area contributed by atoms with Crippen LogP contribution in [-0.2, 0) is 16.8 Å². The van der Waals surface area contributed by atoms with Crippen LogP contribution < -0.4 is 0 Å². The Bertz CT molecular complexity index is 891. The lowest BCUT2D eigenvalue weighted by molar-refractivity contribution is -0.154. The van der Waals surface area contributed by atoms with E-state index >= 15 is 0 Å². The van der Waals surface area contributed by atoms with E-state index in [2.05, 4.69) is 62.6 Å². The summed E-state index contributed by atoms with van der Waals surface area (Å²) in [6.07, 6.45) is 5.38. The normalized spacial score (nSPS) is 39.1. The van der Waals surface area contributed by atoms with Crippen LogP contribution in [0.3, 0.4) is 0 Å².